The number of rotatable bonds is 6. The monoisotopic (exact) mass is 286 g/mol. The van der Waals surface area contributed by atoms with E-state index in [-0.39, 0.29) is 11.5 Å². The van der Waals surface area contributed by atoms with E-state index in [0.717, 1.165) is 12.1 Å². The highest BCUT2D eigenvalue weighted by molar-refractivity contribution is 5.94. The van der Waals surface area contributed by atoms with Crippen LogP contribution in [0.5, 0.6) is 0 Å². The molecule has 0 saturated heterocycles. The molecule has 0 aliphatic rings. The van der Waals surface area contributed by atoms with E-state index < -0.39 is 23.2 Å². The Labute approximate surface area is 117 Å². The zero-order valence-corrected chi connectivity index (χ0v) is 12.0. The summed E-state index contributed by atoms with van der Waals surface area (Å²) in [6.07, 6.45) is 0. The van der Waals surface area contributed by atoms with E-state index in [4.69, 9.17) is 10.5 Å². The summed E-state index contributed by atoms with van der Waals surface area (Å²) < 4.78 is 31.8. The molecule has 0 heterocycles. The maximum Gasteiger partial charge on any atom is 0.254 e. The number of methoxy groups -OCH3 is 1. The second-order valence-corrected chi connectivity index (χ2v) is 4.99. The summed E-state index contributed by atoms with van der Waals surface area (Å²) in [6, 6.07) is 1.92. The summed E-state index contributed by atoms with van der Waals surface area (Å²) in [7, 11) is 1.53. The minimum Gasteiger partial charge on any atom is -0.394 e. The number of anilines is 1. The zero-order chi connectivity index (χ0) is 15.3. The molecule has 0 aliphatic heterocycles. The fraction of sp³-hybridized carbons (Fsp3) is 0.500. The number of nitrogens with two attached hydrogens (primary N) is 1. The van der Waals surface area contributed by atoms with Gasteiger partial charge in [0.25, 0.3) is 5.91 Å². The highest BCUT2D eigenvalue weighted by atomic mass is 19.1. The molecule has 6 heteroatoms. The van der Waals surface area contributed by atoms with Gasteiger partial charge >= 0.3 is 0 Å². The van der Waals surface area contributed by atoms with E-state index >= 15 is 0 Å². The predicted molar refractivity (Wildman–Crippen MR) is 73.4 cm³/mol. The van der Waals surface area contributed by atoms with Crippen LogP contribution in [0.15, 0.2) is 12.1 Å². The second-order valence-electron chi connectivity index (χ2n) is 4.99. The molecule has 0 saturated carbocycles. The Bertz CT molecular complexity index is 455. The molecule has 1 aromatic rings. The van der Waals surface area contributed by atoms with Crippen molar-refractivity contribution in [2.45, 2.75) is 13.8 Å². The highest BCUT2D eigenvalue weighted by Gasteiger charge is 2.19. The average Bonchev–Trinajstić information content (AvgIpc) is 2.39. The van der Waals surface area contributed by atoms with E-state index in [0.29, 0.717) is 19.7 Å². The predicted octanol–water partition coefficient (Wildman–Crippen LogP) is 2.29. The lowest BCUT2D eigenvalue weighted by molar-refractivity contribution is 0.0671. The van der Waals surface area contributed by atoms with Crippen LogP contribution in [0.3, 0.4) is 0 Å². The Morgan fingerprint density at radius 2 is 1.90 bits per heavy atom. The summed E-state index contributed by atoms with van der Waals surface area (Å²) in [6.45, 7) is 5.11. The number of carbonyl (C=O) groups excluding carboxylic acids is 1. The summed E-state index contributed by atoms with van der Waals surface area (Å²) in [5.74, 6) is -2.05. The van der Waals surface area contributed by atoms with Gasteiger partial charge in [0.15, 0.2) is 0 Å². The third kappa shape index (κ3) is 4.16. The number of nitrogen functional groups attached to an aromatic ring is 1. The number of halogens is 2. The molecule has 2 N–H and O–H groups in total. The molecule has 0 spiro atoms. The number of hydrogen-bond acceptors (Lipinski definition) is 3. The molecule has 0 unspecified atom stereocenters. The lowest BCUT2D eigenvalue weighted by Gasteiger charge is -2.24. The fourth-order valence-electron chi connectivity index (χ4n) is 1.81. The van der Waals surface area contributed by atoms with Crippen LogP contribution < -0.4 is 5.73 Å². The first-order valence-corrected chi connectivity index (χ1v) is 6.39. The van der Waals surface area contributed by atoms with Crippen molar-refractivity contribution in [3.63, 3.8) is 0 Å². The summed E-state index contributed by atoms with van der Waals surface area (Å²) in [5.41, 5.74) is 4.57. The maximum atomic E-state index is 13.4. The van der Waals surface area contributed by atoms with Crippen LogP contribution in [0.25, 0.3) is 0 Å². The number of carbonyl (C=O) groups is 1. The third-order valence-corrected chi connectivity index (χ3v) is 2.76. The van der Waals surface area contributed by atoms with Gasteiger partial charge in [-0.3, -0.25) is 4.79 Å². The molecule has 112 valence electrons. The Morgan fingerprint density at radius 1 is 1.35 bits per heavy atom. The van der Waals surface area contributed by atoms with Crippen molar-refractivity contribution in [3.05, 3.63) is 29.3 Å². The van der Waals surface area contributed by atoms with Gasteiger partial charge in [-0.25, -0.2) is 8.78 Å². The molecule has 0 aromatic heterocycles. The standard InChI is InChI=1S/C14H20F2N2O2/c1-9(2)8-18(4-5-20-3)14(19)10-6-11(15)13(17)12(16)7-10/h6-7,9H,4-5,8,17H2,1-3H3. The molecule has 0 atom stereocenters. The largest absolute Gasteiger partial charge is 0.394 e. The molecule has 4 nitrogen and oxygen atoms in total. The summed E-state index contributed by atoms with van der Waals surface area (Å²) in [5, 5.41) is 0. The maximum absolute atomic E-state index is 13.4. The quantitative estimate of drug-likeness (QED) is 0.816. The normalized spacial score (nSPS) is 10.9. The lowest BCUT2D eigenvalue weighted by atomic mass is 10.1. The molecule has 1 amide bonds. The van der Waals surface area contributed by atoms with Crippen molar-refractivity contribution in [1.29, 1.82) is 0 Å². The van der Waals surface area contributed by atoms with Crippen molar-refractivity contribution in [3.8, 4) is 0 Å². The molecule has 0 radical (unpaired) electrons. The molecular formula is C14H20F2N2O2. The van der Waals surface area contributed by atoms with Gasteiger partial charge in [-0.1, -0.05) is 13.8 Å². The minimum absolute atomic E-state index is 0.0500. The first kappa shape index (κ1) is 16.4. The molecule has 20 heavy (non-hydrogen) atoms. The average molecular weight is 286 g/mol. The van der Waals surface area contributed by atoms with Crippen LogP contribution in [0.1, 0.15) is 24.2 Å². The van der Waals surface area contributed by atoms with Gasteiger partial charge in [0.1, 0.15) is 17.3 Å². The van der Waals surface area contributed by atoms with E-state index in [9.17, 15) is 13.6 Å². The first-order chi connectivity index (χ1) is 9.36. The molecule has 0 aliphatic carbocycles. The SMILES string of the molecule is COCCN(CC(C)C)C(=O)c1cc(F)c(N)c(F)c1. The van der Waals surface area contributed by atoms with Crippen LogP contribution >= 0.6 is 0 Å². The van der Waals surface area contributed by atoms with Crippen LogP contribution in [-0.2, 0) is 4.74 Å². The molecule has 0 bridgehead atoms. The zero-order valence-electron chi connectivity index (χ0n) is 12.0. The van der Waals surface area contributed by atoms with Crippen molar-refractivity contribution in [2.24, 2.45) is 5.92 Å². The smallest absolute Gasteiger partial charge is 0.254 e. The Balaban J connectivity index is 2.98. The van der Waals surface area contributed by atoms with Gasteiger partial charge in [-0.15, -0.1) is 0 Å². The number of benzene rings is 1. The molecule has 1 aromatic carbocycles. The van der Waals surface area contributed by atoms with E-state index in [2.05, 4.69) is 0 Å². The van der Waals surface area contributed by atoms with Crippen LogP contribution in [0, 0.1) is 17.6 Å². The Kier molecular flexibility index (Phi) is 5.88. The van der Waals surface area contributed by atoms with Crippen LogP contribution in [0.2, 0.25) is 0 Å². The van der Waals surface area contributed by atoms with Crippen LogP contribution in [0.4, 0.5) is 14.5 Å². The fourth-order valence-corrected chi connectivity index (χ4v) is 1.81. The van der Waals surface area contributed by atoms with Crippen molar-refractivity contribution in [2.75, 3.05) is 32.5 Å². The van der Waals surface area contributed by atoms with Gasteiger partial charge in [-0.2, -0.15) is 0 Å². The lowest BCUT2D eigenvalue weighted by Crippen LogP contribution is -2.36. The van der Waals surface area contributed by atoms with E-state index in [1.165, 1.54) is 12.0 Å². The van der Waals surface area contributed by atoms with Crippen LogP contribution in [-0.4, -0.2) is 37.6 Å². The minimum atomic E-state index is -0.926. The van der Waals surface area contributed by atoms with Gasteiger partial charge in [-0.05, 0) is 18.1 Å². The topological polar surface area (TPSA) is 55.6 Å². The van der Waals surface area contributed by atoms with Gasteiger partial charge in [0, 0.05) is 25.8 Å². The Morgan fingerprint density at radius 3 is 2.35 bits per heavy atom. The van der Waals surface area contributed by atoms with Gasteiger partial charge in [0.05, 0.1) is 6.61 Å². The molecule has 0 fully saturated rings. The van der Waals surface area contributed by atoms with Crippen molar-refractivity contribution >= 4 is 11.6 Å². The van der Waals surface area contributed by atoms with E-state index in [1.807, 2.05) is 13.8 Å². The first-order valence-electron chi connectivity index (χ1n) is 6.39. The molecule has 1 rings (SSSR count). The molecular weight excluding hydrogens is 266 g/mol. The van der Waals surface area contributed by atoms with E-state index in [1.54, 1.807) is 0 Å². The summed E-state index contributed by atoms with van der Waals surface area (Å²) >= 11 is 0. The van der Waals surface area contributed by atoms with Crippen molar-refractivity contribution in [1.82, 2.24) is 4.90 Å². The number of amides is 1. The number of ether oxygens (including phenoxy) is 1. The second kappa shape index (κ2) is 7.19. The number of hydrogen-bond donors (Lipinski definition) is 1. The Hall–Kier alpha value is -1.69. The van der Waals surface area contributed by atoms with Gasteiger partial charge < -0.3 is 15.4 Å². The third-order valence-electron chi connectivity index (χ3n) is 2.76. The highest BCUT2D eigenvalue weighted by Crippen LogP contribution is 2.18. The summed E-state index contributed by atoms with van der Waals surface area (Å²) in [4.78, 5) is 13.8. The van der Waals surface area contributed by atoms with Gasteiger partial charge in [0.2, 0.25) is 0 Å². The van der Waals surface area contributed by atoms with Crippen molar-refractivity contribution < 1.29 is 18.3 Å². The number of nitrogens with zero attached hydrogens (tertiary/aromatic N) is 1.